The van der Waals surface area contributed by atoms with E-state index < -0.39 is 0 Å². The standard InChI is InChI=1S/C10H16ClNO/c1-4-6-9(5-2)12-10(13)8(3)7-11/h2,8-9H,4,6-7H2,1,3H3,(H,12,13). The largest absolute Gasteiger partial charge is 0.342 e. The van der Waals surface area contributed by atoms with Crippen molar-refractivity contribution in [3.05, 3.63) is 0 Å². The Labute approximate surface area is 85.0 Å². The quantitative estimate of drug-likeness (QED) is 0.533. The smallest absolute Gasteiger partial charge is 0.224 e. The molecule has 74 valence electrons. The van der Waals surface area contributed by atoms with Gasteiger partial charge in [0, 0.05) is 11.8 Å². The van der Waals surface area contributed by atoms with Gasteiger partial charge in [-0.2, -0.15) is 0 Å². The van der Waals surface area contributed by atoms with Crippen LogP contribution in [0.2, 0.25) is 0 Å². The Balaban J connectivity index is 3.95. The van der Waals surface area contributed by atoms with E-state index in [9.17, 15) is 4.79 Å². The highest BCUT2D eigenvalue weighted by Gasteiger charge is 2.14. The molecule has 0 aliphatic rings. The molecule has 1 amide bonds. The molecule has 0 fully saturated rings. The maximum absolute atomic E-state index is 11.3. The van der Waals surface area contributed by atoms with Crippen molar-refractivity contribution in [2.24, 2.45) is 5.92 Å². The molecule has 1 N–H and O–H groups in total. The lowest BCUT2D eigenvalue weighted by Crippen LogP contribution is -2.37. The van der Waals surface area contributed by atoms with E-state index in [4.69, 9.17) is 18.0 Å². The van der Waals surface area contributed by atoms with Crippen molar-refractivity contribution < 1.29 is 4.79 Å². The van der Waals surface area contributed by atoms with Gasteiger partial charge in [-0.05, 0) is 6.42 Å². The van der Waals surface area contributed by atoms with Crippen LogP contribution in [0, 0.1) is 18.3 Å². The molecule has 0 aromatic rings. The molecule has 0 aromatic heterocycles. The van der Waals surface area contributed by atoms with Crippen LogP contribution in [-0.4, -0.2) is 17.8 Å². The average Bonchev–Trinajstić information content (AvgIpc) is 2.15. The third kappa shape index (κ3) is 4.80. The lowest BCUT2D eigenvalue weighted by Gasteiger charge is -2.14. The molecule has 13 heavy (non-hydrogen) atoms. The van der Waals surface area contributed by atoms with E-state index >= 15 is 0 Å². The molecule has 2 nitrogen and oxygen atoms in total. The number of alkyl halides is 1. The van der Waals surface area contributed by atoms with Crippen molar-refractivity contribution in [1.82, 2.24) is 5.32 Å². The number of rotatable bonds is 5. The minimum atomic E-state index is -0.172. The highest BCUT2D eigenvalue weighted by molar-refractivity contribution is 6.19. The highest BCUT2D eigenvalue weighted by Crippen LogP contribution is 2.01. The molecule has 0 heterocycles. The molecule has 0 saturated heterocycles. The van der Waals surface area contributed by atoms with E-state index in [1.807, 2.05) is 6.92 Å². The number of carbonyl (C=O) groups is 1. The van der Waals surface area contributed by atoms with Gasteiger partial charge < -0.3 is 5.32 Å². The van der Waals surface area contributed by atoms with Gasteiger partial charge in [0.15, 0.2) is 0 Å². The van der Waals surface area contributed by atoms with Gasteiger partial charge in [0.05, 0.1) is 6.04 Å². The van der Waals surface area contributed by atoms with Crippen molar-refractivity contribution in [3.63, 3.8) is 0 Å². The van der Waals surface area contributed by atoms with Crippen molar-refractivity contribution in [2.45, 2.75) is 32.7 Å². The minimum absolute atomic E-state index is 0.0635. The highest BCUT2D eigenvalue weighted by atomic mass is 35.5. The van der Waals surface area contributed by atoms with Gasteiger partial charge >= 0.3 is 0 Å². The van der Waals surface area contributed by atoms with Crippen LogP contribution < -0.4 is 5.32 Å². The lowest BCUT2D eigenvalue weighted by atomic mass is 10.1. The summed E-state index contributed by atoms with van der Waals surface area (Å²) in [6.07, 6.45) is 7.03. The van der Waals surface area contributed by atoms with Gasteiger partial charge in [0.25, 0.3) is 0 Å². The fraction of sp³-hybridized carbons (Fsp3) is 0.700. The first-order valence-corrected chi connectivity index (χ1v) is 5.01. The topological polar surface area (TPSA) is 29.1 Å². The lowest BCUT2D eigenvalue weighted by molar-refractivity contribution is -0.124. The Morgan fingerprint density at radius 2 is 2.31 bits per heavy atom. The summed E-state index contributed by atoms with van der Waals surface area (Å²) in [6, 6.07) is -0.150. The Kier molecular flexibility index (Phi) is 6.44. The molecule has 0 aliphatic carbocycles. The van der Waals surface area contributed by atoms with Crippen molar-refractivity contribution in [1.29, 1.82) is 0 Å². The summed E-state index contributed by atoms with van der Waals surface area (Å²) < 4.78 is 0. The molecule has 0 aromatic carbocycles. The SMILES string of the molecule is C#CC(CCC)NC(=O)C(C)CCl. The second-order valence-electron chi connectivity index (χ2n) is 3.07. The van der Waals surface area contributed by atoms with Crippen LogP contribution in [-0.2, 0) is 4.79 Å². The number of amides is 1. The van der Waals surface area contributed by atoms with Crippen LogP contribution in [0.5, 0.6) is 0 Å². The summed E-state index contributed by atoms with van der Waals surface area (Å²) in [5, 5.41) is 2.76. The molecular weight excluding hydrogens is 186 g/mol. The second kappa shape index (κ2) is 6.80. The maximum atomic E-state index is 11.3. The summed E-state index contributed by atoms with van der Waals surface area (Å²) in [4.78, 5) is 11.3. The van der Waals surface area contributed by atoms with E-state index in [1.54, 1.807) is 6.92 Å². The van der Waals surface area contributed by atoms with Gasteiger partial charge in [-0.3, -0.25) is 4.79 Å². The number of nitrogens with one attached hydrogen (secondary N) is 1. The summed E-state index contributed by atoms with van der Waals surface area (Å²) in [6.45, 7) is 3.81. The number of terminal acetylenes is 1. The maximum Gasteiger partial charge on any atom is 0.224 e. The van der Waals surface area contributed by atoms with Crippen molar-refractivity contribution >= 4 is 17.5 Å². The molecule has 0 aliphatic heterocycles. The predicted molar refractivity (Wildman–Crippen MR) is 55.6 cm³/mol. The molecule has 0 saturated carbocycles. The number of hydrogen-bond donors (Lipinski definition) is 1. The summed E-state index contributed by atoms with van der Waals surface area (Å²) in [5.41, 5.74) is 0. The fourth-order valence-electron chi connectivity index (χ4n) is 0.870. The van der Waals surface area contributed by atoms with Crippen molar-refractivity contribution in [2.75, 3.05) is 5.88 Å². The van der Waals surface area contributed by atoms with Crippen LogP contribution in [0.15, 0.2) is 0 Å². The molecule has 2 atom stereocenters. The van der Waals surface area contributed by atoms with Crippen LogP contribution in [0.25, 0.3) is 0 Å². The third-order valence-electron chi connectivity index (χ3n) is 1.77. The second-order valence-corrected chi connectivity index (χ2v) is 3.38. The molecule has 0 rings (SSSR count). The van der Waals surface area contributed by atoms with Gasteiger partial charge in [0.2, 0.25) is 5.91 Å². The van der Waals surface area contributed by atoms with Crippen molar-refractivity contribution in [3.8, 4) is 12.3 Å². The predicted octanol–water partition coefficient (Wildman–Crippen LogP) is 1.78. The summed E-state index contributed by atoms with van der Waals surface area (Å²) >= 11 is 5.54. The first kappa shape index (κ1) is 12.3. The molecule has 2 unspecified atom stereocenters. The fourth-order valence-corrected chi connectivity index (χ4v) is 1.01. The van der Waals surface area contributed by atoms with Gasteiger partial charge in [-0.15, -0.1) is 18.0 Å². The number of carbonyl (C=O) groups excluding carboxylic acids is 1. The normalized spacial score (nSPS) is 14.3. The average molecular weight is 202 g/mol. The monoisotopic (exact) mass is 201 g/mol. The Morgan fingerprint density at radius 1 is 1.69 bits per heavy atom. The van der Waals surface area contributed by atoms with Crippen LogP contribution in [0.1, 0.15) is 26.7 Å². The van der Waals surface area contributed by atoms with E-state index in [1.165, 1.54) is 0 Å². The zero-order valence-electron chi connectivity index (χ0n) is 8.14. The van der Waals surface area contributed by atoms with E-state index in [-0.39, 0.29) is 17.9 Å². The number of hydrogen-bond acceptors (Lipinski definition) is 1. The first-order chi connectivity index (χ1) is 6.15. The summed E-state index contributed by atoms with van der Waals surface area (Å²) in [5.74, 6) is 2.63. The van der Waals surface area contributed by atoms with Gasteiger partial charge in [-0.1, -0.05) is 26.2 Å². The molecular formula is C10H16ClNO. The number of halogens is 1. The first-order valence-electron chi connectivity index (χ1n) is 4.48. The molecule has 0 radical (unpaired) electrons. The van der Waals surface area contributed by atoms with E-state index in [2.05, 4.69) is 11.2 Å². The Bertz CT molecular complexity index is 198. The molecule has 3 heteroatoms. The Hall–Kier alpha value is -0.680. The van der Waals surface area contributed by atoms with Crippen LogP contribution >= 0.6 is 11.6 Å². The molecule has 0 bridgehead atoms. The summed E-state index contributed by atoms with van der Waals surface area (Å²) in [7, 11) is 0. The Morgan fingerprint density at radius 3 is 2.69 bits per heavy atom. The van der Waals surface area contributed by atoms with Crippen LogP contribution in [0.4, 0.5) is 0 Å². The zero-order chi connectivity index (χ0) is 10.3. The molecule has 0 spiro atoms. The third-order valence-corrected chi connectivity index (χ3v) is 2.24. The van der Waals surface area contributed by atoms with E-state index in [0.29, 0.717) is 5.88 Å². The van der Waals surface area contributed by atoms with E-state index in [0.717, 1.165) is 12.8 Å². The van der Waals surface area contributed by atoms with Gasteiger partial charge in [0.1, 0.15) is 0 Å². The van der Waals surface area contributed by atoms with Gasteiger partial charge in [-0.25, -0.2) is 0 Å². The zero-order valence-corrected chi connectivity index (χ0v) is 8.90. The van der Waals surface area contributed by atoms with Crippen LogP contribution in [0.3, 0.4) is 0 Å². The minimum Gasteiger partial charge on any atom is -0.342 e.